The van der Waals surface area contributed by atoms with E-state index in [-0.39, 0.29) is 43.7 Å². The smallest absolute Gasteiger partial charge is 0.309 e. The van der Waals surface area contributed by atoms with Crippen LogP contribution < -0.4 is 10.6 Å². The molecule has 4 atom stereocenters. The molecule has 0 aliphatic carbocycles. The van der Waals surface area contributed by atoms with Gasteiger partial charge in [0.1, 0.15) is 12.4 Å². The van der Waals surface area contributed by atoms with E-state index in [2.05, 4.69) is 28.8 Å². The van der Waals surface area contributed by atoms with Crippen molar-refractivity contribution in [2.24, 2.45) is 11.8 Å². The van der Waals surface area contributed by atoms with Crippen LogP contribution in [0, 0.1) is 17.7 Å². The molecule has 1 aromatic heterocycles. The Morgan fingerprint density at radius 2 is 1.48 bits per heavy atom. The number of allylic oxidation sites excluding steroid dienone is 2. The van der Waals surface area contributed by atoms with Crippen molar-refractivity contribution in [2.75, 3.05) is 13.2 Å². The standard InChI is InChI=1S/C39H44FN3O5/c1-3-10-29(23-37(45)42-33(25-44)21-27-12-6-5-7-13-27)38(46)43-34(22-31-24-41-36-15-9-8-14-35(31)36)26-48-39(47)30(11-4-2)20-28-16-18-32(40)19-17-28/h3-9,12-19,24,29-30,33-34,41,44H,1-2,10-11,20-23,25-26H2,(H,42,45)(H,43,46)/t29-,30-,33-,34-/m0/s1. The summed E-state index contributed by atoms with van der Waals surface area (Å²) in [6.45, 7) is 7.21. The third kappa shape index (κ3) is 10.8. The van der Waals surface area contributed by atoms with Crippen LogP contribution in [0.25, 0.3) is 10.9 Å². The number of carbonyl (C=O) groups is 3. The number of hydrogen-bond donors (Lipinski definition) is 4. The fourth-order valence-corrected chi connectivity index (χ4v) is 5.76. The summed E-state index contributed by atoms with van der Waals surface area (Å²) in [6.07, 6.45) is 6.78. The highest BCUT2D eigenvalue weighted by atomic mass is 19.1. The number of amides is 2. The number of para-hydroxylation sites is 1. The van der Waals surface area contributed by atoms with Crippen molar-refractivity contribution in [1.29, 1.82) is 0 Å². The third-order valence-corrected chi connectivity index (χ3v) is 8.26. The number of esters is 1. The molecule has 0 unspecified atom stereocenters. The van der Waals surface area contributed by atoms with Gasteiger partial charge in [-0.05, 0) is 67.0 Å². The molecule has 0 spiro atoms. The van der Waals surface area contributed by atoms with E-state index in [4.69, 9.17) is 4.74 Å². The zero-order valence-corrected chi connectivity index (χ0v) is 27.1. The minimum atomic E-state index is -0.730. The minimum Gasteiger partial charge on any atom is -0.463 e. The molecule has 0 aliphatic heterocycles. The second-order valence-corrected chi connectivity index (χ2v) is 12.0. The summed E-state index contributed by atoms with van der Waals surface area (Å²) in [6, 6.07) is 22.2. The van der Waals surface area contributed by atoms with Crippen LogP contribution in [0.5, 0.6) is 0 Å². The van der Waals surface area contributed by atoms with E-state index in [1.165, 1.54) is 12.1 Å². The van der Waals surface area contributed by atoms with Gasteiger partial charge in [-0.3, -0.25) is 14.4 Å². The molecule has 8 nitrogen and oxygen atoms in total. The molecule has 252 valence electrons. The predicted molar refractivity (Wildman–Crippen MR) is 185 cm³/mol. The Hall–Kier alpha value is -5.02. The second kappa shape index (κ2) is 18.4. The summed E-state index contributed by atoms with van der Waals surface area (Å²) in [5.74, 6) is -2.81. The number of fused-ring (bicyclic) bond motifs is 1. The normalized spacial score (nSPS) is 13.5. The number of aliphatic hydroxyl groups is 1. The lowest BCUT2D eigenvalue weighted by Gasteiger charge is -2.24. The van der Waals surface area contributed by atoms with Crippen LogP contribution in [0.2, 0.25) is 0 Å². The molecule has 0 bridgehead atoms. The summed E-state index contributed by atoms with van der Waals surface area (Å²) in [5.41, 5.74) is 3.64. The lowest BCUT2D eigenvalue weighted by Crippen LogP contribution is -2.45. The van der Waals surface area contributed by atoms with Crippen molar-refractivity contribution < 1.29 is 28.6 Å². The van der Waals surface area contributed by atoms with Crippen LogP contribution in [-0.4, -0.2) is 53.2 Å². The molecule has 1 heterocycles. The zero-order valence-electron chi connectivity index (χ0n) is 27.1. The van der Waals surface area contributed by atoms with Crippen molar-refractivity contribution >= 4 is 28.7 Å². The highest BCUT2D eigenvalue weighted by Crippen LogP contribution is 2.21. The number of aromatic nitrogens is 1. The van der Waals surface area contributed by atoms with Gasteiger partial charge in [0.15, 0.2) is 0 Å². The van der Waals surface area contributed by atoms with Gasteiger partial charge >= 0.3 is 5.97 Å². The highest BCUT2D eigenvalue weighted by molar-refractivity contribution is 5.87. The number of aliphatic hydroxyl groups excluding tert-OH is 1. The number of nitrogens with one attached hydrogen (secondary N) is 3. The number of halogens is 1. The molecule has 0 saturated heterocycles. The number of ether oxygens (including phenoxy) is 1. The summed E-state index contributed by atoms with van der Waals surface area (Å²) >= 11 is 0. The SMILES string of the molecule is C=CC[C@@H](CC(=O)N[C@H](CO)Cc1ccccc1)C(=O)N[C@H](COC(=O)[C@@H](CC=C)Cc1ccc(F)cc1)Cc1c[nH]c2ccccc12. The Balaban J connectivity index is 1.45. The van der Waals surface area contributed by atoms with Crippen molar-refractivity contribution in [3.8, 4) is 0 Å². The van der Waals surface area contributed by atoms with Crippen LogP contribution in [0.1, 0.15) is 36.0 Å². The Labute approximate surface area is 281 Å². The maximum atomic E-state index is 13.7. The van der Waals surface area contributed by atoms with Gasteiger partial charge in [0.2, 0.25) is 11.8 Å². The van der Waals surface area contributed by atoms with Crippen LogP contribution in [0.4, 0.5) is 4.39 Å². The third-order valence-electron chi connectivity index (χ3n) is 8.26. The maximum Gasteiger partial charge on any atom is 0.309 e. The summed E-state index contributed by atoms with van der Waals surface area (Å²) in [4.78, 5) is 43.3. The van der Waals surface area contributed by atoms with E-state index >= 15 is 0 Å². The average molecular weight is 654 g/mol. The zero-order chi connectivity index (χ0) is 34.3. The number of carbonyl (C=O) groups excluding carboxylic acids is 3. The number of aromatic amines is 1. The molecule has 4 N–H and O–H groups in total. The van der Waals surface area contributed by atoms with E-state index in [1.807, 2.05) is 60.8 Å². The summed E-state index contributed by atoms with van der Waals surface area (Å²) < 4.78 is 19.3. The predicted octanol–water partition coefficient (Wildman–Crippen LogP) is 5.61. The fourth-order valence-electron chi connectivity index (χ4n) is 5.76. The van der Waals surface area contributed by atoms with Crippen LogP contribution in [-0.2, 0) is 38.4 Å². The monoisotopic (exact) mass is 653 g/mol. The van der Waals surface area contributed by atoms with Crippen LogP contribution in [0.3, 0.4) is 0 Å². The Bertz CT molecular complexity index is 1650. The van der Waals surface area contributed by atoms with Gasteiger partial charge in [-0.15, -0.1) is 13.2 Å². The lowest BCUT2D eigenvalue weighted by molar-refractivity contribution is -0.149. The molecular formula is C39H44FN3O5. The van der Waals surface area contributed by atoms with Gasteiger partial charge in [-0.25, -0.2) is 4.39 Å². The van der Waals surface area contributed by atoms with E-state index in [0.717, 1.165) is 27.6 Å². The van der Waals surface area contributed by atoms with Gasteiger partial charge in [0, 0.05) is 23.5 Å². The molecule has 9 heteroatoms. The summed E-state index contributed by atoms with van der Waals surface area (Å²) in [5, 5.41) is 16.8. The molecule has 0 radical (unpaired) electrons. The molecule has 0 aliphatic rings. The molecule has 48 heavy (non-hydrogen) atoms. The van der Waals surface area contributed by atoms with E-state index in [1.54, 1.807) is 24.3 Å². The lowest BCUT2D eigenvalue weighted by atomic mass is 9.96. The first-order valence-corrected chi connectivity index (χ1v) is 16.2. The first kappa shape index (κ1) is 35.8. The van der Waals surface area contributed by atoms with E-state index in [0.29, 0.717) is 25.7 Å². The van der Waals surface area contributed by atoms with Gasteiger partial charge in [0.25, 0.3) is 0 Å². The van der Waals surface area contributed by atoms with Crippen LogP contribution >= 0.6 is 0 Å². The average Bonchev–Trinajstić information content (AvgIpc) is 3.50. The quantitative estimate of drug-likeness (QED) is 0.0775. The molecule has 3 aromatic carbocycles. The number of rotatable bonds is 19. The largest absolute Gasteiger partial charge is 0.463 e. The van der Waals surface area contributed by atoms with Gasteiger partial charge in [0.05, 0.1) is 30.5 Å². The topological polar surface area (TPSA) is 121 Å². The van der Waals surface area contributed by atoms with Crippen molar-refractivity contribution in [3.63, 3.8) is 0 Å². The van der Waals surface area contributed by atoms with Crippen molar-refractivity contribution in [2.45, 2.75) is 50.6 Å². The van der Waals surface area contributed by atoms with Crippen molar-refractivity contribution in [1.82, 2.24) is 15.6 Å². The maximum absolute atomic E-state index is 13.7. The number of hydrogen-bond acceptors (Lipinski definition) is 5. The number of benzene rings is 3. The Kier molecular flexibility index (Phi) is 13.7. The molecular weight excluding hydrogens is 609 g/mol. The highest BCUT2D eigenvalue weighted by Gasteiger charge is 2.27. The fraction of sp³-hybridized carbons (Fsp3) is 0.308. The van der Waals surface area contributed by atoms with Gasteiger partial charge in [-0.1, -0.05) is 72.8 Å². The van der Waals surface area contributed by atoms with E-state index < -0.39 is 29.9 Å². The summed E-state index contributed by atoms with van der Waals surface area (Å²) in [7, 11) is 0. The molecule has 4 rings (SSSR count). The number of H-pyrrole nitrogens is 1. The Morgan fingerprint density at radius 1 is 0.812 bits per heavy atom. The van der Waals surface area contributed by atoms with Gasteiger partial charge < -0.3 is 25.5 Å². The minimum absolute atomic E-state index is 0.0994. The van der Waals surface area contributed by atoms with E-state index in [9.17, 15) is 23.9 Å². The van der Waals surface area contributed by atoms with Crippen molar-refractivity contribution in [3.05, 3.63) is 133 Å². The van der Waals surface area contributed by atoms with Crippen LogP contribution in [0.15, 0.2) is 110 Å². The first-order valence-electron chi connectivity index (χ1n) is 16.2. The molecule has 4 aromatic rings. The molecule has 2 amide bonds. The molecule has 0 fully saturated rings. The second-order valence-electron chi connectivity index (χ2n) is 12.0. The van der Waals surface area contributed by atoms with Gasteiger partial charge in [-0.2, -0.15) is 0 Å². The Morgan fingerprint density at radius 3 is 2.19 bits per heavy atom. The first-order chi connectivity index (χ1) is 23.3. The molecule has 0 saturated carbocycles.